The molecule has 1 aromatic rings. The van der Waals surface area contributed by atoms with Gasteiger partial charge in [-0.2, -0.15) is 0 Å². The van der Waals surface area contributed by atoms with Gasteiger partial charge in [-0.05, 0) is 24.1 Å². The molecule has 0 spiro atoms. The van der Waals surface area contributed by atoms with Crippen LogP contribution < -0.4 is 10.6 Å². The van der Waals surface area contributed by atoms with Crippen molar-refractivity contribution in [3.8, 4) is 5.75 Å². The second kappa shape index (κ2) is 7.68. The van der Waals surface area contributed by atoms with Gasteiger partial charge in [0.2, 0.25) is 0 Å². The van der Waals surface area contributed by atoms with Crippen molar-refractivity contribution in [3.05, 3.63) is 29.3 Å². The molecular formula is C13H20N2O3. The van der Waals surface area contributed by atoms with Gasteiger partial charge in [-0.25, -0.2) is 0 Å². The van der Waals surface area contributed by atoms with Crippen LogP contribution in [0.4, 0.5) is 0 Å². The standard InChI is InChI=1S/C9H10O3.C4H10N2/c1-6-4-7(5-9(11)12)2-3-8(6)10;1-2-6-4-3-5-1/h2-4,10H,5H2,1H3,(H,11,12);5-6H,1-4H2. The maximum atomic E-state index is 10.3. The molecule has 2 rings (SSSR count). The molecule has 1 heterocycles. The molecule has 1 aromatic carbocycles. The van der Waals surface area contributed by atoms with Gasteiger partial charge in [0.05, 0.1) is 6.42 Å². The number of nitrogens with one attached hydrogen (secondary N) is 2. The molecule has 18 heavy (non-hydrogen) atoms. The fraction of sp³-hybridized carbons (Fsp3) is 0.462. The van der Waals surface area contributed by atoms with Crippen LogP contribution in [-0.2, 0) is 11.2 Å². The highest BCUT2D eigenvalue weighted by atomic mass is 16.4. The van der Waals surface area contributed by atoms with Crippen LogP contribution in [-0.4, -0.2) is 42.4 Å². The Balaban J connectivity index is 0.000000225. The second-order valence-electron chi connectivity index (χ2n) is 4.19. The van der Waals surface area contributed by atoms with E-state index < -0.39 is 5.97 Å². The molecule has 0 unspecified atom stereocenters. The third-order valence-electron chi connectivity index (χ3n) is 2.57. The van der Waals surface area contributed by atoms with Crippen molar-refractivity contribution in [2.75, 3.05) is 26.2 Å². The number of aliphatic carboxylic acids is 1. The summed E-state index contributed by atoms with van der Waals surface area (Å²) in [5.41, 5.74) is 1.41. The zero-order valence-electron chi connectivity index (χ0n) is 10.6. The Kier molecular flexibility index (Phi) is 6.18. The minimum Gasteiger partial charge on any atom is -0.508 e. The van der Waals surface area contributed by atoms with Gasteiger partial charge < -0.3 is 20.8 Å². The third kappa shape index (κ3) is 5.65. The number of hydrogen-bond donors (Lipinski definition) is 4. The molecule has 0 atom stereocenters. The Labute approximate surface area is 107 Å². The predicted molar refractivity (Wildman–Crippen MR) is 69.9 cm³/mol. The van der Waals surface area contributed by atoms with Gasteiger partial charge in [-0.3, -0.25) is 4.79 Å². The van der Waals surface area contributed by atoms with Crippen LogP contribution in [0.1, 0.15) is 11.1 Å². The van der Waals surface area contributed by atoms with Crippen molar-refractivity contribution in [2.24, 2.45) is 0 Å². The molecule has 0 radical (unpaired) electrons. The number of carbonyl (C=O) groups is 1. The van der Waals surface area contributed by atoms with Gasteiger partial charge in [0.25, 0.3) is 0 Å². The van der Waals surface area contributed by atoms with Crippen LogP contribution in [0.5, 0.6) is 5.75 Å². The van der Waals surface area contributed by atoms with E-state index in [2.05, 4.69) is 10.6 Å². The highest BCUT2D eigenvalue weighted by Gasteiger charge is 2.02. The molecule has 100 valence electrons. The van der Waals surface area contributed by atoms with E-state index >= 15 is 0 Å². The lowest BCUT2D eigenvalue weighted by Crippen LogP contribution is -2.39. The minimum absolute atomic E-state index is 0.00111. The number of aryl methyl sites for hydroxylation is 1. The van der Waals surface area contributed by atoms with Gasteiger partial charge >= 0.3 is 5.97 Å². The van der Waals surface area contributed by atoms with Gasteiger partial charge in [0.1, 0.15) is 5.75 Å². The Hall–Kier alpha value is -1.59. The van der Waals surface area contributed by atoms with Gasteiger partial charge in [-0.15, -0.1) is 0 Å². The molecule has 5 nitrogen and oxygen atoms in total. The Morgan fingerprint density at radius 1 is 1.22 bits per heavy atom. The summed E-state index contributed by atoms with van der Waals surface area (Å²) in [7, 11) is 0. The first-order valence-electron chi connectivity index (χ1n) is 6.01. The minimum atomic E-state index is -0.861. The number of phenolic OH excluding ortho intramolecular Hbond substituents is 1. The maximum absolute atomic E-state index is 10.3. The lowest BCUT2D eigenvalue weighted by atomic mass is 10.1. The summed E-state index contributed by atoms with van der Waals surface area (Å²) in [5, 5.41) is 24.0. The summed E-state index contributed by atoms with van der Waals surface area (Å²) in [6, 6.07) is 4.79. The van der Waals surface area contributed by atoms with E-state index in [4.69, 9.17) is 10.2 Å². The molecule has 5 heteroatoms. The molecule has 0 amide bonds. The molecule has 1 aliphatic rings. The van der Waals surface area contributed by atoms with Crippen molar-refractivity contribution in [3.63, 3.8) is 0 Å². The maximum Gasteiger partial charge on any atom is 0.307 e. The van der Waals surface area contributed by atoms with Crippen LogP contribution >= 0.6 is 0 Å². The van der Waals surface area contributed by atoms with Crippen molar-refractivity contribution in [2.45, 2.75) is 13.3 Å². The third-order valence-corrected chi connectivity index (χ3v) is 2.57. The van der Waals surface area contributed by atoms with Crippen molar-refractivity contribution >= 4 is 5.97 Å². The smallest absolute Gasteiger partial charge is 0.307 e. The summed E-state index contributed by atoms with van der Waals surface area (Å²) < 4.78 is 0. The zero-order valence-corrected chi connectivity index (χ0v) is 10.6. The number of hydrogen-bond acceptors (Lipinski definition) is 4. The SMILES string of the molecule is C1CNCCN1.Cc1cc(CC(=O)O)ccc1O. The van der Waals surface area contributed by atoms with Crippen molar-refractivity contribution in [1.29, 1.82) is 0 Å². The van der Waals surface area contributed by atoms with E-state index in [0.717, 1.165) is 26.2 Å². The topological polar surface area (TPSA) is 81.6 Å². The zero-order chi connectivity index (χ0) is 13.4. The van der Waals surface area contributed by atoms with Crippen LogP contribution in [0.3, 0.4) is 0 Å². The van der Waals surface area contributed by atoms with E-state index in [1.165, 1.54) is 6.07 Å². The van der Waals surface area contributed by atoms with Crippen molar-refractivity contribution < 1.29 is 15.0 Å². The quantitative estimate of drug-likeness (QED) is 0.616. The number of benzene rings is 1. The van der Waals surface area contributed by atoms with E-state index in [0.29, 0.717) is 11.1 Å². The van der Waals surface area contributed by atoms with E-state index in [-0.39, 0.29) is 12.2 Å². The highest BCUT2D eigenvalue weighted by molar-refractivity contribution is 5.70. The summed E-state index contributed by atoms with van der Waals surface area (Å²) in [4.78, 5) is 10.3. The number of piperazine rings is 1. The summed E-state index contributed by atoms with van der Waals surface area (Å²) in [6.45, 7) is 6.29. The summed E-state index contributed by atoms with van der Waals surface area (Å²) >= 11 is 0. The Morgan fingerprint density at radius 2 is 1.78 bits per heavy atom. The summed E-state index contributed by atoms with van der Waals surface area (Å²) in [6.07, 6.45) is 0.00111. The number of carboxylic acid groups (broad SMARTS) is 1. The fourth-order valence-electron chi connectivity index (χ4n) is 1.61. The molecular weight excluding hydrogens is 232 g/mol. The fourth-order valence-corrected chi connectivity index (χ4v) is 1.61. The molecule has 0 saturated carbocycles. The number of carboxylic acids is 1. The molecule has 0 aromatic heterocycles. The molecule has 1 fully saturated rings. The first kappa shape index (κ1) is 14.5. The number of aromatic hydroxyl groups is 1. The highest BCUT2D eigenvalue weighted by Crippen LogP contribution is 2.16. The van der Waals surface area contributed by atoms with Gasteiger partial charge in [0.15, 0.2) is 0 Å². The first-order chi connectivity index (χ1) is 8.59. The normalized spacial score (nSPS) is 14.5. The van der Waals surface area contributed by atoms with E-state index in [1.54, 1.807) is 19.1 Å². The predicted octanol–water partition coefficient (Wildman–Crippen LogP) is 0.507. The Morgan fingerprint density at radius 3 is 2.17 bits per heavy atom. The van der Waals surface area contributed by atoms with E-state index in [1.807, 2.05) is 0 Å². The van der Waals surface area contributed by atoms with Gasteiger partial charge in [0, 0.05) is 26.2 Å². The second-order valence-corrected chi connectivity index (χ2v) is 4.19. The van der Waals surface area contributed by atoms with Crippen LogP contribution in [0.2, 0.25) is 0 Å². The largest absolute Gasteiger partial charge is 0.508 e. The Bertz CT molecular complexity index is 378. The van der Waals surface area contributed by atoms with Crippen LogP contribution in [0.25, 0.3) is 0 Å². The molecule has 1 saturated heterocycles. The van der Waals surface area contributed by atoms with Crippen molar-refractivity contribution in [1.82, 2.24) is 10.6 Å². The first-order valence-corrected chi connectivity index (χ1v) is 6.01. The number of phenols is 1. The van der Waals surface area contributed by atoms with Gasteiger partial charge in [-0.1, -0.05) is 12.1 Å². The average molecular weight is 252 g/mol. The van der Waals surface area contributed by atoms with Crippen LogP contribution in [0, 0.1) is 6.92 Å². The average Bonchev–Trinajstić information content (AvgIpc) is 2.36. The molecule has 0 bridgehead atoms. The monoisotopic (exact) mass is 252 g/mol. The molecule has 0 aliphatic carbocycles. The van der Waals surface area contributed by atoms with Crippen LogP contribution in [0.15, 0.2) is 18.2 Å². The number of rotatable bonds is 2. The lowest BCUT2D eigenvalue weighted by Gasteiger charge is -2.11. The lowest BCUT2D eigenvalue weighted by molar-refractivity contribution is -0.136. The van der Waals surface area contributed by atoms with E-state index in [9.17, 15) is 4.79 Å². The molecule has 4 N–H and O–H groups in total. The summed E-state index contributed by atoms with van der Waals surface area (Å²) in [5.74, 6) is -0.663. The molecule has 1 aliphatic heterocycles.